The van der Waals surface area contributed by atoms with Crippen LogP contribution < -0.4 is 16.0 Å². The standard InChI is InChI=1S/C41H61N5O12/c1-8-45(7)24-33-21-31-11-9-10-12-35(31)46(33)16-13-34(51)22-32(40(53)42-15-18-55-20-19-54-17-14-26(2)47)23-37(52)44-41-38(43-28(4)48)39(57-30(6)50)27(3)36(58-41)25-56-29(5)49/h9-12,21,27,32,36,38-39,41H,8,13-20,22-25H2,1-7H3,(H,42,53)(H,43,48)(H,44,52)/t27-,32-,36-,38-,39+,41?/m0/s1. The number of nitrogens with zero attached hydrogens (tertiary/aromatic N) is 2. The van der Waals surface area contributed by atoms with E-state index < -0.39 is 72.4 Å². The number of para-hydroxylation sites is 1. The number of esters is 2. The number of nitrogens with one attached hydrogen (secondary N) is 3. The molecule has 0 aliphatic carbocycles. The summed E-state index contributed by atoms with van der Waals surface area (Å²) in [5.41, 5.74) is 2.04. The van der Waals surface area contributed by atoms with E-state index in [1.807, 2.05) is 31.3 Å². The number of amides is 3. The van der Waals surface area contributed by atoms with E-state index in [1.165, 1.54) is 27.7 Å². The van der Waals surface area contributed by atoms with Crippen molar-refractivity contribution in [1.82, 2.24) is 25.4 Å². The van der Waals surface area contributed by atoms with Crippen LogP contribution in [0.1, 0.15) is 72.9 Å². The predicted molar refractivity (Wildman–Crippen MR) is 212 cm³/mol. The SMILES string of the molecule is CCN(C)Cc1cc2ccccc2n1CCC(=O)C[C@@H](CC(=O)NC1O[C@@H](COC(C)=O)[C@H](C)[C@@H](OC(C)=O)[C@@H]1NC(C)=O)C(=O)NCCOCCOCCC(C)=O. The quantitative estimate of drug-likeness (QED) is 0.0970. The number of aromatic nitrogens is 1. The van der Waals surface area contributed by atoms with E-state index in [0.29, 0.717) is 26.1 Å². The summed E-state index contributed by atoms with van der Waals surface area (Å²) in [6, 6.07) is 9.00. The molecule has 3 amide bonds. The van der Waals surface area contributed by atoms with Crippen LogP contribution >= 0.6 is 0 Å². The van der Waals surface area contributed by atoms with Crippen molar-refractivity contribution in [2.75, 3.05) is 53.2 Å². The first-order chi connectivity index (χ1) is 27.6. The molecule has 17 nitrogen and oxygen atoms in total. The number of rotatable bonds is 25. The molecule has 2 heterocycles. The fourth-order valence-corrected chi connectivity index (χ4v) is 6.68. The molecular weight excluding hydrogens is 754 g/mol. The monoisotopic (exact) mass is 815 g/mol. The second-order valence-electron chi connectivity index (χ2n) is 14.7. The number of ether oxygens (including phenoxy) is 5. The molecular formula is C41H61N5O12. The van der Waals surface area contributed by atoms with E-state index in [1.54, 1.807) is 6.92 Å². The molecule has 1 fully saturated rings. The third kappa shape index (κ3) is 15.9. The molecule has 1 aliphatic heterocycles. The first-order valence-electron chi connectivity index (χ1n) is 19.8. The van der Waals surface area contributed by atoms with E-state index in [-0.39, 0.29) is 57.4 Å². The lowest BCUT2D eigenvalue weighted by molar-refractivity contribution is -0.199. The number of fused-ring (bicyclic) bond motifs is 1. The van der Waals surface area contributed by atoms with Crippen LogP contribution in [0.5, 0.6) is 0 Å². The molecule has 0 spiro atoms. The van der Waals surface area contributed by atoms with E-state index in [2.05, 4.69) is 38.4 Å². The van der Waals surface area contributed by atoms with Crippen molar-refractivity contribution in [3.63, 3.8) is 0 Å². The van der Waals surface area contributed by atoms with Gasteiger partial charge in [-0.2, -0.15) is 0 Å². The highest BCUT2D eigenvalue weighted by Crippen LogP contribution is 2.29. The third-order valence-corrected chi connectivity index (χ3v) is 9.81. The molecule has 3 N–H and O–H groups in total. The number of hydrogen-bond acceptors (Lipinski definition) is 13. The van der Waals surface area contributed by atoms with Crippen molar-refractivity contribution in [1.29, 1.82) is 0 Å². The Kier molecular flexibility index (Phi) is 19.9. The Bertz CT molecular complexity index is 1710. The lowest BCUT2D eigenvalue weighted by Crippen LogP contribution is -2.66. The van der Waals surface area contributed by atoms with Crippen molar-refractivity contribution in [3.05, 3.63) is 36.0 Å². The molecule has 1 aromatic heterocycles. The number of Topliss-reactive ketones (excluding diaryl/α,β-unsaturated/α-hetero) is 2. The molecule has 1 saturated heterocycles. The van der Waals surface area contributed by atoms with E-state index >= 15 is 0 Å². The average molecular weight is 816 g/mol. The molecule has 1 aromatic carbocycles. The maximum absolute atomic E-state index is 13.8. The number of carbonyl (C=O) groups excluding carboxylic acids is 7. The highest BCUT2D eigenvalue weighted by Gasteiger charge is 2.47. The maximum atomic E-state index is 13.8. The van der Waals surface area contributed by atoms with Gasteiger partial charge in [-0.15, -0.1) is 0 Å². The van der Waals surface area contributed by atoms with Crippen LogP contribution in [0, 0.1) is 11.8 Å². The van der Waals surface area contributed by atoms with Crippen molar-refractivity contribution in [2.24, 2.45) is 11.8 Å². The molecule has 6 atom stereocenters. The fraction of sp³-hybridized carbons (Fsp3) is 0.634. The summed E-state index contributed by atoms with van der Waals surface area (Å²) in [5.74, 6) is -4.76. The van der Waals surface area contributed by atoms with E-state index in [9.17, 15) is 33.6 Å². The minimum Gasteiger partial charge on any atom is -0.463 e. The van der Waals surface area contributed by atoms with Gasteiger partial charge in [0.15, 0.2) is 6.23 Å². The topological polar surface area (TPSA) is 210 Å². The van der Waals surface area contributed by atoms with Crippen LogP contribution in [-0.4, -0.2) is 128 Å². The number of hydrogen-bond donors (Lipinski definition) is 3. The number of aryl methyl sites for hydroxylation is 1. The summed E-state index contributed by atoms with van der Waals surface area (Å²) >= 11 is 0. The van der Waals surface area contributed by atoms with Crippen molar-refractivity contribution in [3.8, 4) is 0 Å². The summed E-state index contributed by atoms with van der Waals surface area (Å²) in [7, 11) is 2.02. The highest BCUT2D eigenvalue weighted by atomic mass is 16.6. The van der Waals surface area contributed by atoms with Crippen molar-refractivity contribution < 1.29 is 57.2 Å². The van der Waals surface area contributed by atoms with Gasteiger partial charge >= 0.3 is 11.9 Å². The van der Waals surface area contributed by atoms with Gasteiger partial charge in [0.2, 0.25) is 17.7 Å². The first kappa shape index (κ1) is 47.7. The Morgan fingerprint density at radius 2 is 1.60 bits per heavy atom. The van der Waals surface area contributed by atoms with Crippen LogP contribution in [0.2, 0.25) is 0 Å². The van der Waals surface area contributed by atoms with E-state index in [0.717, 1.165) is 23.1 Å². The molecule has 3 rings (SSSR count). The van der Waals surface area contributed by atoms with Crippen LogP contribution in [-0.2, 0) is 70.3 Å². The smallest absolute Gasteiger partial charge is 0.302 e. The maximum Gasteiger partial charge on any atom is 0.302 e. The summed E-state index contributed by atoms with van der Waals surface area (Å²) in [6.45, 7) is 11.7. The van der Waals surface area contributed by atoms with Crippen molar-refractivity contribution in [2.45, 2.75) is 105 Å². The van der Waals surface area contributed by atoms with Gasteiger partial charge < -0.3 is 49.1 Å². The Balaban J connectivity index is 1.77. The van der Waals surface area contributed by atoms with Gasteiger partial charge in [0.1, 0.15) is 36.4 Å². The summed E-state index contributed by atoms with van der Waals surface area (Å²) in [5, 5.41) is 9.23. The third-order valence-electron chi connectivity index (χ3n) is 9.81. The zero-order valence-electron chi connectivity index (χ0n) is 34.8. The lowest BCUT2D eigenvalue weighted by atomic mass is 9.88. The minimum absolute atomic E-state index is 0.0242. The van der Waals surface area contributed by atoms with Gasteiger partial charge in [0.25, 0.3) is 0 Å². The molecule has 58 heavy (non-hydrogen) atoms. The molecule has 2 aromatic rings. The van der Waals surface area contributed by atoms with Gasteiger partial charge in [0.05, 0.1) is 32.3 Å². The van der Waals surface area contributed by atoms with Crippen LogP contribution in [0.25, 0.3) is 10.9 Å². The van der Waals surface area contributed by atoms with Crippen LogP contribution in [0.15, 0.2) is 30.3 Å². The molecule has 1 unspecified atom stereocenters. The predicted octanol–water partition coefficient (Wildman–Crippen LogP) is 2.05. The molecule has 0 saturated carbocycles. The second-order valence-corrected chi connectivity index (χ2v) is 14.7. The second kappa shape index (κ2) is 24.3. The van der Waals surface area contributed by atoms with E-state index in [4.69, 9.17) is 23.7 Å². The fourth-order valence-electron chi connectivity index (χ4n) is 6.68. The van der Waals surface area contributed by atoms with Gasteiger partial charge in [-0.1, -0.05) is 32.0 Å². The average Bonchev–Trinajstić information content (AvgIpc) is 3.50. The van der Waals surface area contributed by atoms with Crippen molar-refractivity contribution >= 4 is 52.1 Å². The summed E-state index contributed by atoms with van der Waals surface area (Å²) in [6.07, 6.45) is -3.32. The zero-order chi connectivity index (χ0) is 42.8. The molecule has 322 valence electrons. The summed E-state index contributed by atoms with van der Waals surface area (Å²) < 4.78 is 29.9. The van der Waals surface area contributed by atoms with Gasteiger partial charge in [-0.3, -0.25) is 33.6 Å². The number of benzene rings is 1. The first-order valence-corrected chi connectivity index (χ1v) is 19.8. The zero-order valence-corrected chi connectivity index (χ0v) is 34.8. The van der Waals surface area contributed by atoms with Gasteiger partial charge in [-0.05, 0) is 38.0 Å². The van der Waals surface area contributed by atoms with Crippen LogP contribution in [0.3, 0.4) is 0 Å². The van der Waals surface area contributed by atoms with Crippen LogP contribution in [0.4, 0.5) is 0 Å². The largest absolute Gasteiger partial charge is 0.463 e. The lowest BCUT2D eigenvalue weighted by Gasteiger charge is -2.45. The Labute approximate surface area is 340 Å². The van der Waals surface area contributed by atoms with Gasteiger partial charge in [-0.25, -0.2) is 0 Å². The normalized spacial score (nSPS) is 19.6. The van der Waals surface area contributed by atoms with Gasteiger partial charge in [0, 0.05) is 83.2 Å². The molecule has 17 heteroatoms. The summed E-state index contributed by atoms with van der Waals surface area (Å²) in [4.78, 5) is 90.4. The molecule has 0 bridgehead atoms. The number of carbonyl (C=O) groups is 7. The Morgan fingerprint density at radius 1 is 0.897 bits per heavy atom. The minimum atomic E-state index is -1.26. The Hall–Kier alpha value is -4.71. The Morgan fingerprint density at radius 3 is 2.26 bits per heavy atom. The highest BCUT2D eigenvalue weighted by molar-refractivity contribution is 5.91. The molecule has 0 radical (unpaired) electrons. The number of ketones is 2. The molecule has 1 aliphatic rings.